The van der Waals surface area contributed by atoms with Crippen LogP contribution in [0.4, 0.5) is 0 Å². The fourth-order valence-electron chi connectivity index (χ4n) is 1.62. The normalized spacial score (nSPS) is 11.7. The van der Waals surface area contributed by atoms with Gasteiger partial charge in [-0.05, 0) is 45.0 Å². The van der Waals surface area contributed by atoms with Gasteiger partial charge in [0.1, 0.15) is 5.75 Å². The Hall–Kier alpha value is -2.04. The molecule has 0 fully saturated rings. The molecule has 1 aromatic rings. The molecule has 1 rings (SSSR count). The summed E-state index contributed by atoms with van der Waals surface area (Å²) in [6.45, 7) is 6.62. The second-order valence-corrected chi connectivity index (χ2v) is 4.10. The van der Waals surface area contributed by atoms with Gasteiger partial charge in [-0.1, -0.05) is 0 Å². The summed E-state index contributed by atoms with van der Waals surface area (Å²) in [5.41, 5.74) is 0.569. The van der Waals surface area contributed by atoms with Gasteiger partial charge in [-0.15, -0.1) is 0 Å². The van der Waals surface area contributed by atoms with E-state index < -0.39 is 12.1 Å². The Balaban J connectivity index is 2.76. The average Bonchev–Trinajstić information content (AvgIpc) is 2.40. The molecule has 0 aliphatic carbocycles. The zero-order valence-electron chi connectivity index (χ0n) is 11.4. The minimum Gasteiger partial charge on any atom is -0.479 e. The lowest BCUT2D eigenvalue weighted by atomic mass is 10.2. The summed E-state index contributed by atoms with van der Waals surface area (Å²) >= 11 is 0. The monoisotopic (exact) mass is 265 g/mol. The molecule has 1 atom stereocenters. The molecule has 0 radical (unpaired) electrons. The minimum atomic E-state index is -1.02. The van der Waals surface area contributed by atoms with E-state index >= 15 is 0 Å². The number of benzene rings is 1. The van der Waals surface area contributed by atoms with E-state index in [4.69, 9.17) is 9.84 Å². The number of ether oxygens (including phenoxy) is 1. The van der Waals surface area contributed by atoms with Crippen LogP contribution < -0.4 is 4.74 Å². The van der Waals surface area contributed by atoms with Crippen LogP contribution in [-0.2, 0) is 4.79 Å². The number of rotatable bonds is 6. The lowest BCUT2D eigenvalue weighted by Gasteiger charge is -2.18. The van der Waals surface area contributed by atoms with Gasteiger partial charge in [0.25, 0.3) is 5.91 Å². The van der Waals surface area contributed by atoms with Crippen LogP contribution in [0.25, 0.3) is 0 Å². The Morgan fingerprint density at radius 2 is 1.74 bits per heavy atom. The van der Waals surface area contributed by atoms with Gasteiger partial charge in [0.15, 0.2) is 6.10 Å². The van der Waals surface area contributed by atoms with Crippen molar-refractivity contribution in [3.8, 4) is 5.75 Å². The van der Waals surface area contributed by atoms with Gasteiger partial charge in [0.2, 0.25) is 0 Å². The van der Waals surface area contributed by atoms with Crippen molar-refractivity contribution >= 4 is 11.9 Å². The Bertz CT molecular complexity index is 437. The number of aliphatic carboxylic acids is 1. The molecule has 0 saturated carbocycles. The van der Waals surface area contributed by atoms with Crippen LogP contribution >= 0.6 is 0 Å². The molecule has 0 aliphatic rings. The molecule has 0 saturated heterocycles. The highest BCUT2D eigenvalue weighted by molar-refractivity contribution is 5.94. The highest BCUT2D eigenvalue weighted by atomic mass is 16.5. The third-order valence-corrected chi connectivity index (χ3v) is 2.81. The van der Waals surface area contributed by atoms with Gasteiger partial charge in [0, 0.05) is 18.7 Å². The van der Waals surface area contributed by atoms with Gasteiger partial charge in [-0.3, -0.25) is 4.79 Å². The van der Waals surface area contributed by atoms with Crippen molar-refractivity contribution in [3.63, 3.8) is 0 Å². The van der Waals surface area contributed by atoms with Crippen molar-refractivity contribution in [3.05, 3.63) is 29.8 Å². The fourth-order valence-corrected chi connectivity index (χ4v) is 1.62. The molecule has 5 nitrogen and oxygen atoms in total. The minimum absolute atomic E-state index is 0.0390. The molecule has 0 aromatic heterocycles. The summed E-state index contributed by atoms with van der Waals surface area (Å²) in [5, 5.41) is 8.74. The molecular weight excluding hydrogens is 246 g/mol. The molecule has 1 amide bonds. The molecule has 104 valence electrons. The maximum Gasteiger partial charge on any atom is 0.344 e. The SMILES string of the molecule is CCN(CC)C(=O)c1ccc(OC(C)C(=O)O)cc1. The van der Waals surface area contributed by atoms with E-state index in [1.807, 2.05) is 13.8 Å². The Kier molecular flexibility index (Phi) is 5.36. The molecule has 0 bridgehead atoms. The number of carbonyl (C=O) groups is 2. The van der Waals surface area contributed by atoms with Crippen LogP contribution in [-0.4, -0.2) is 41.1 Å². The summed E-state index contributed by atoms with van der Waals surface area (Å²) < 4.78 is 5.20. The molecule has 1 N–H and O–H groups in total. The van der Waals surface area contributed by atoms with Crippen LogP contribution in [0.5, 0.6) is 5.75 Å². The third kappa shape index (κ3) is 3.98. The van der Waals surface area contributed by atoms with Gasteiger partial charge >= 0.3 is 5.97 Å². The van der Waals surface area contributed by atoms with Crippen molar-refractivity contribution in [2.24, 2.45) is 0 Å². The predicted octanol–water partition coefficient (Wildman–Crippen LogP) is 2.02. The molecule has 1 aromatic carbocycles. The first-order chi connectivity index (χ1) is 8.99. The second-order valence-electron chi connectivity index (χ2n) is 4.10. The van der Waals surface area contributed by atoms with E-state index in [9.17, 15) is 9.59 Å². The summed E-state index contributed by atoms with van der Waals surface area (Å²) in [6.07, 6.45) is -0.913. The lowest BCUT2D eigenvalue weighted by Crippen LogP contribution is -2.30. The van der Waals surface area contributed by atoms with E-state index in [1.54, 1.807) is 29.2 Å². The maximum atomic E-state index is 12.0. The largest absolute Gasteiger partial charge is 0.479 e. The molecule has 0 aliphatic heterocycles. The molecular formula is C14H19NO4. The molecule has 19 heavy (non-hydrogen) atoms. The summed E-state index contributed by atoms with van der Waals surface area (Å²) in [4.78, 5) is 24.4. The molecule has 5 heteroatoms. The Labute approximate surface area is 112 Å². The first-order valence-electron chi connectivity index (χ1n) is 6.28. The lowest BCUT2D eigenvalue weighted by molar-refractivity contribution is -0.144. The number of hydrogen-bond acceptors (Lipinski definition) is 3. The van der Waals surface area contributed by atoms with Gasteiger partial charge in [-0.25, -0.2) is 4.79 Å². The van der Waals surface area contributed by atoms with E-state index in [2.05, 4.69) is 0 Å². The van der Waals surface area contributed by atoms with Gasteiger partial charge in [0.05, 0.1) is 0 Å². The standard InChI is InChI=1S/C14H19NO4/c1-4-15(5-2)13(16)11-6-8-12(9-7-11)19-10(3)14(17)18/h6-10H,4-5H2,1-3H3,(H,17,18). The topological polar surface area (TPSA) is 66.8 Å². The van der Waals surface area contributed by atoms with Crippen molar-refractivity contribution in [1.29, 1.82) is 0 Å². The average molecular weight is 265 g/mol. The molecule has 1 unspecified atom stereocenters. The van der Waals surface area contributed by atoms with E-state index in [-0.39, 0.29) is 5.91 Å². The van der Waals surface area contributed by atoms with Gasteiger partial charge < -0.3 is 14.7 Å². The maximum absolute atomic E-state index is 12.0. The van der Waals surface area contributed by atoms with Crippen LogP contribution in [0.15, 0.2) is 24.3 Å². The zero-order chi connectivity index (χ0) is 14.4. The predicted molar refractivity (Wildman–Crippen MR) is 71.4 cm³/mol. The molecule has 0 heterocycles. The number of nitrogens with zero attached hydrogens (tertiary/aromatic N) is 1. The van der Waals surface area contributed by atoms with Crippen molar-refractivity contribution in [1.82, 2.24) is 4.90 Å². The fraction of sp³-hybridized carbons (Fsp3) is 0.429. The highest BCUT2D eigenvalue weighted by Crippen LogP contribution is 2.15. The molecule has 0 spiro atoms. The van der Waals surface area contributed by atoms with Crippen molar-refractivity contribution < 1.29 is 19.4 Å². The zero-order valence-corrected chi connectivity index (χ0v) is 11.4. The Morgan fingerprint density at radius 1 is 1.21 bits per heavy atom. The first-order valence-corrected chi connectivity index (χ1v) is 6.28. The van der Waals surface area contributed by atoms with E-state index in [0.29, 0.717) is 24.4 Å². The van der Waals surface area contributed by atoms with Crippen molar-refractivity contribution in [2.75, 3.05) is 13.1 Å². The third-order valence-electron chi connectivity index (χ3n) is 2.81. The summed E-state index contributed by atoms with van der Waals surface area (Å²) in [7, 11) is 0. The second kappa shape index (κ2) is 6.78. The number of amides is 1. The Morgan fingerprint density at radius 3 is 2.16 bits per heavy atom. The van der Waals surface area contributed by atoms with Crippen LogP contribution in [0.1, 0.15) is 31.1 Å². The van der Waals surface area contributed by atoms with Gasteiger partial charge in [-0.2, -0.15) is 0 Å². The highest BCUT2D eigenvalue weighted by Gasteiger charge is 2.14. The smallest absolute Gasteiger partial charge is 0.344 e. The number of carboxylic acids is 1. The summed E-state index contributed by atoms with van der Waals surface area (Å²) in [5.74, 6) is -0.628. The van der Waals surface area contributed by atoms with Crippen molar-refractivity contribution in [2.45, 2.75) is 26.9 Å². The first kappa shape index (κ1) is 15.0. The number of carbonyl (C=O) groups excluding carboxylic acids is 1. The van der Waals surface area contributed by atoms with Crippen LogP contribution in [0, 0.1) is 0 Å². The summed E-state index contributed by atoms with van der Waals surface area (Å²) in [6, 6.07) is 6.50. The number of hydrogen-bond donors (Lipinski definition) is 1. The number of carboxylic acid groups (broad SMARTS) is 1. The van der Waals surface area contributed by atoms with E-state index in [0.717, 1.165) is 0 Å². The van der Waals surface area contributed by atoms with Crippen LogP contribution in [0.2, 0.25) is 0 Å². The van der Waals surface area contributed by atoms with Crippen LogP contribution in [0.3, 0.4) is 0 Å². The quantitative estimate of drug-likeness (QED) is 0.854. The van der Waals surface area contributed by atoms with E-state index in [1.165, 1.54) is 6.92 Å².